The highest BCUT2D eigenvalue weighted by Crippen LogP contribution is 2.38. The van der Waals surface area contributed by atoms with Gasteiger partial charge in [-0.1, -0.05) is 23.8 Å². The van der Waals surface area contributed by atoms with Crippen LogP contribution in [-0.2, 0) is 21.3 Å². The zero-order valence-electron chi connectivity index (χ0n) is 22.2. The van der Waals surface area contributed by atoms with Crippen molar-refractivity contribution in [3.05, 3.63) is 59.1 Å². The number of sulfonamides is 1. The predicted molar refractivity (Wildman–Crippen MR) is 154 cm³/mol. The molecule has 0 aliphatic carbocycles. The number of pyridine rings is 1. The molecule has 3 saturated heterocycles. The highest BCUT2D eigenvalue weighted by molar-refractivity contribution is 7.88. The molecule has 0 spiro atoms. The summed E-state index contributed by atoms with van der Waals surface area (Å²) < 4.78 is 34.6. The van der Waals surface area contributed by atoms with Gasteiger partial charge in [0.15, 0.2) is 5.82 Å². The monoisotopic (exact) mass is 564 g/mol. The molecule has 2 bridgehead atoms. The van der Waals surface area contributed by atoms with Crippen LogP contribution in [0.15, 0.2) is 48.7 Å². The quantitative estimate of drug-likeness (QED) is 0.354. The van der Waals surface area contributed by atoms with Crippen molar-refractivity contribution in [2.24, 2.45) is 0 Å². The van der Waals surface area contributed by atoms with Gasteiger partial charge in [-0.05, 0) is 31.5 Å². The van der Waals surface area contributed by atoms with Crippen molar-refractivity contribution in [1.29, 1.82) is 0 Å². The number of anilines is 1. The van der Waals surface area contributed by atoms with Crippen LogP contribution >= 0.6 is 11.3 Å². The first-order valence-electron chi connectivity index (χ1n) is 13.4. The van der Waals surface area contributed by atoms with Gasteiger partial charge in [0.25, 0.3) is 0 Å². The van der Waals surface area contributed by atoms with Crippen LogP contribution in [0.1, 0.15) is 16.9 Å². The molecule has 3 fully saturated rings. The predicted octanol–water partition coefficient (Wildman–Crippen LogP) is 3.51. The highest BCUT2D eigenvalue weighted by atomic mass is 32.2. The number of morpholine rings is 1. The van der Waals surface area contributed by atoms with E-state index in [2.05, 4.69) is 53.1 Å². The number of likely N-dealkylation sites (tertiary alicyclic amines) is 1. The molecule has 3 aliphatic heterocycles. The summed E-state index contributed by atoms with van der Waals surface area (Å²) in [5, 5.41) is 4.88. The fourth-order valence-electron chi connectivity index (χ4n) is 6.20. The van der Waals surface area contributed by atoms with E-state index < -0.39 is 10.0 Å². The lowest BCUT2D eigenvalue weighted by Crippen LogP contribution is -2.47. The number of aryl methyl sites for hydroxylation is 1. The Labute approximate surface area is 232 Å². The van der Waals surface area contributed by atoms with Crippen molar-refractivity contribution in [2.45, 2.75) is 32.0 Å². The normalized spacial score (nSPS) is 22.4. The maximum Gasteiger partial charge on any atom is 0.211 e. The topological polar surface area (TPSA) is 83.8 Å². The first-order valence-corrected chi connectivity index (χ1v) is 16.1. The number of piperazine rings is 1. The molecule has 2 atom stereocenters. The molecule has 7 rings (SSSR count). The Morgan fingerprint density at radius 2 is 1.92 bits per heavy atom. The smallest absolute Gasteiger partial charge is 0.211 e. The van der Waals surface area contributed by atoms with E-state index in [1.54, 1.807) is 15.6 Å². The molecule has 9 nitrogen and oxygen atoms in total. The number of ether oxygens (including phenoxy) is 1. The van der Waals surface area contributed by atoms with Crippen LogP contribution in [0.3, 0.4) is 0 Å². The highest BCUT2D eigenvalue weighted by Gasteiger charge is 2.46. The van der Waals surface area contributed by atoms with Gasteiger partial charge in [0.1, 0.15) is 0 Å². The van der Waals surface area contributed by atoms with Gasteiger partial charge >= 0.3 is 0 Å². The molecule has 0 N–H and O–H groups in total. The molecule has 4 aromatic rings. The van der Waals surface area contributed by atoms with Gasteiger partial charge < -0.3 is 9.64 Å². The summed E-state index contributed by atoms with van der Waals surface area (Å²) in [6.07, 6.45) is 4.22. The Hall–Kier alpha value is -2.83. The fraction of sp³-hybridized carbons (Fsp3) is 0.429. The molecular formula is C28H32N6O3S2. The number of thiophene rings is 1. The Bertz CT molecular complexity index is 1640. The number of fused-ring (bicyclic) bond motifs is 3. The third kappa shape index (κ3) is 4.76. The minimum Gasteiger partial charge on any atom is -0.378 e. The molecule has 3 aromatic heterocycles. The second kappa shape index (κ2) is 9.67. The molecule has 0 amide bonds. The fourth-order valence-corrected chi connectivity index (χ4v) is 8.50. The molecule has 0 radical (unpaired) electrons. The van der Waals surface area contributed by atoms with Gasteiger partial charge in [-0.2, -0.15) is 9.40 Å². The molecule has 204 valence electrons. The van der Waals surface area contributed by atoms with Crippen molar-refractivity contribution in [3.8, 4) is 17.1 Å². The SMILES string of the molecule is Cc1cccc(-c2ccn(-c3cc(N4CCOCC4)c4sc(CN5C[C@@H]6C[C@H]5CN6S(C)(=O)=O)cc4n3)n2)c1. The maximum absolute atomic E-state index is 12.1. The minimum atomic E-state index is -3.14. The van der Waals surface area contributed by atoms with E-state index in [1.165, 1.54) is 27.1 Å². The lowest BCUT2D eigenvalue weighted by molar-refractivity contribution is 0.123. The molecule has 1 aromatic carbocycles. The van der Waals surface area contributed by atoms with Gasteiger partial charge in [0, 0.05) is 67.5 Å². The number of rotatable bonds is 6. The maximum atomic E-state index is 12.1. The largest absolute Gasteiger partial charge is 0.378 e. The van der Waals surface area contributed by atoms with Crippen LogP contribution < -0.4 is 4.90 Å². The van der Waals surface area contributed by atoms with Crippen LogP contribution in [0.5, 0.6) is 0 Å². The van der Waals surface area contributed by atoms with Gasteiger partial charge in [-0.25, -0.2) is 18.1 Å². The van der Waals surface area contributed by atoms with Crippen LogP contribution in [0.2, 0.25) is 0 Å². The lowest BCUT2D eigenvalue weighted by atomic mass is 10.1. The summed E-state index contributed by atoms with van der Waals surface area (Å²) in [6, 6.07) is 15.2. The number of hydrogen-bond donors (Lipinski definition) is 0. The number of hydrogen-bond acceptors (Lipinski definition) is 8. The molecule has 0 unspecified atom stereocenters. The Morgan fingerprint density at radius 1 is 1.08 bits per heavy atom. The third-order valence-electron chi connectivity index (χ3n) is 8.08. The summed E-state index contributed by atoms with van der Waals surface area (Å²) in [6.45, 7) is 7.40. The first-order chi connectivity index (χ1) is 18.8. The van der Waals surface area contributed by atoms with E-state index in [0.717, 1.165) is 55.2 Å². The van der Waals surface area contributed by atoms with E-state index in [-0.39, 0.29) is 12.1 Å². The molecule has 0 saturated carbocycles. The standard InChI is InChI=1S/C28H32N6O3S2/c1-19-4-3-5-20(12-19)24-6-7-33(30-24)27-15-26(31-8-10-37-11-9-31)28-25(29-27)14-23(38-28)18-32-16-22-13-21(32)17-34(22)39(2,35)36/h3-7,12,14-15,21-22H,8-11,13,16-18H2,1-2H3/t21-,22-/m0/s1. The molecular weight excluding hydrogens is 532 g/mol. The Morgan fingerprint density at radius 3 is 2.67 bits per heavy atom. The third-order valence-corrected chi connectivity index (χ3v) is 10.5. The van der Waals surface area contributed by atoms with E-state index in [4.69, 9.17) is 14.8 Å². The van der Waals surface area contributed by atoms with Crippen molar-refractivity contribution >= 4 is 37.3 Å². The van der Waals surface area contributed by atoms with E-state index in [0.29, 0.717) is 19.8 Å². The van der Waals surface area contributed by atoms with Crippen LogP contribution in [0, 0.1) is 6.92 Å². The van der Waals surface area contributed by atoms with E-state index in [9.17, 15) is 8.42 Å². The van der Waals surface area contributed by atoms with E-state index in [1.807, 2.05) is 16.9 Å². The summed E-state index contributed by atoms with van der Waals surface area (Å²) in [5.41, 5.74) is 5.37. The van der Waals surface area contributed by atoms with Gasteiger partial charge in [0.2, 0.25) is 10.0 Å². The van der Waals surface area contributed by atoms with Gasteiger partial charge in [-0.3, -0.25) is 4.90 Å². The zero-order valence-corrected chi connectivity index (χ0v) is 23.8. The van der Waals surface area contributed by atoms with Crippen molar-refractivity contribution in [2.75, 3.05) is 50.5 Å². The molecule has 6 heterocycles. The van der Waals surface area contributed by atoms with Crippen LogP contribution in [0.25, 0.3) is 27.3 Å². The van der Waals surface area contributed by atoms with Crippen molar-refractivity contribution in [3.63, 3.8) is 0 Å². The van der Waals surface area contributed by atoms with Crippen molar-refractivity contribution < 1.29 is 13.2 Å². The van der Waals surface area contributed by atoms with Crippen LogP contribution in [-0.4, -0.2) is 90.1 Å². The average molecular weight is 565 g/mol. The molecule has 11 heteroatoms. The summed E-state index contributed by atoms with van der Waals surface area (Å²) >= 11 is 1.80. The summed E-state index contributed by atoms with van der Waals surface area (Å²) in [5.74, 6) is 0.802. The van der Waals surface area contributed by atoms with Gasteiger partial charge in [-0.15, -0.1) is 11.3 Å². The number of benzene rings is 1. The van der Waals surface area contributed by atoms with Gasteiger partial charge in [0.05, 0.1) is 41.1 Å². The minimum absolute atomic E-state index is 0.0930. The molecule has 3 aliphatic rings. The Kier molecular flexibility index (Phi) is 6.24. The number of aromatic nitrogens is 3. The van der Waals surface area contributed by atoms with E-state index >= 15 is 0 Å². The first kappa shape index (κ1) is 25.2. The summed E-state index contributed by atoms with van der Waals surface area (Å²) in [7, 11) is -3.14. The van der Waals surface area contributed by atoms with Crippen LogP contribution in [0.4, 0.5) is 5.69 Å². The second-order valence-corrected chi connectivity index (χ2v) is 13.9. The Balaban J connectivity index is 1.21. The van der Waals surface area contributed by atoms with Crippen molar-refractivity contribution in [1.82, 2.24) is 24.0 Å². The summed E-state index contributed by atoms with van der Waals surface area (Å²) in [4.78, 5) is 11.1. The average Bonchev–Trinajstić information content (AvgIpc) is 3.71. The lowest BCUT2D eigenvalue weighted by Gasteiger charge is -2.32. The molecule has 39 heavy (non-hydrogen) atoms. The number of nitrogens with zero attached hydrogens (tertiary/aromatic N) is 6. The zero-order chi connectivity index (χ0) is 26.7. The second-order valence-electron chi connectivity index (χ2n) is 10.8.